The van der Waals surface area contributed by atoms with Crippen molar-refractivity contribution in [2.24, 2.45) is 10.1 Å². The lowest BCUT2D eigenvalue weighted by Crippen LogP contribution is -2.25. The largest absolute Gasteiger partial charge is 0.402 e. The fourth-order valence-corrected chi connectivity index (χ4v) is 4.31. The molecule has 1 aliphatic heterocycles. The molecule has 0 aromatic heterocycles. The van der Waals surface area contributed by atoms with Gasteiger partial charge < -0.3 is 21.8 Å². The zero-order chi connectivity index (χ0) is 20.3. The number of rotatable bonds is 4. The van der Waals surface area contributed by atoms with E-state index in [1.807, 2.05) is 19.1 Å². The molecule has 1 heterocycles. The molecule has 0 aliphatic carbocycles. The van der Waals surface area contributed by atoms with Gasteiger partial charge in [-0.2, -0.15) is 4.40 Å². The van der Waals surface area contributed by atoms with Crippen molar-refractivity contribution in [1.29, 1.82) is 5.41 Å². The molecule has 3 rings (SSSR count). The van der Waals surface area contributed by atoms with E-state index in [9.17, 15) is 0 Å². The predicted octanol–water partition coefficient (Wildman–Crippen LogP) is 5.30. The third-order valence-corrected chi connectivity index (χ3v) is 6.03. The summed E-state index contributed by atoms with van der Waals surface area (Å²) >= 11 is 0. The first-order chi connectivity index (χ1) is 13.4. The first-order valence-electron chi connectivity index (χ1n) is 9.30. The van der Waals surface area contributed by atoms with Crippen LogP contribution >= 0.6 is 10.7 Å². The van der Waals surface area contributed by atoms with E-state index in [2.05, 4.69) is 60.2 Å². The normalized spacial score (nSPS) is 16.4. The maximum Gasteiger partial charge on any atom is 0.211 e. The third-order valence-electron chi connectivity index (χ3n) is 4.41. The molecule has 6 heteroatoms. The zero-order valence-electron chi connectivity index (χ0n) is 16.7. The fourth-order valence-electron chi connectivity index (χ4n) is 2.97. The van der Waals surface area contributed by atoms with Crippen molar-refractivity contribution < 1.29 is 0 Å². The molecule has 0 spiro atoms. The average Bonchev–Trinajstić information content (AvgIpc) is 2.66. The molecule has 0 saturated heterocycles. The van der Waals surface area contributed by atoms with Crippen LogP contribution in [0.3, 0.4) is 0 Å². The fraction of sp³-hybridized carbons (Fsp3) is 0.227. The van der Waals surface area contributed by atoms with Gasteiger partial charge in [-0.3, -0.25) is 0 Å². The standard InChI is InChI=1S/C22H27N5S/c1-5-28-20-8-6-7-18(19(24)13-15(4)23)21(20)26-22(27-28)25-17-11-9-16(10-12-17)14(2)3/h5-14,24H,23H2,1-4H3,(H2,25,26,27)/b15-13-,24-19?. The smallest absolute Gasteiger partial charge is 0.211 e. The summed E-state index contributed by atoms with van der Waals surface area (Å²) in [7, 11) is -0.392. The van der Waals surface area contributed by atoms with Gasteiger partial charge in [-0.15, -0.1) is 0 Å². The van der Waals surface area contributed by atoms with Crippen molar-refractivity contribution in [3.63, 3.8) is 0 Å². The van der Waals surface area contributed by atoms with E-state index in [-0.39, 0.29) is 0 Å². The molecule has 0 saturated carbocycles. The molecule has 28 heavy (non-hydrogen) atoms. The van der Waals surface area contributed by atoms with Crippen molar-refractivity contribution in [2.45, 2.75) is 38.5 Å². The van der Waals surface area contributed by atoms with Gasteiger partial charge in [0, 0.05) is 21.8 Å². The highest BCUT2D eigenvalue weighted by Gasteiger charge is 2.19. The highest BCUT2D eigenvalue weighted by molar-refractivity contribution is 8.14. The van der Waals surface area contributed by atoms with Gasteiger partial charge in [-0.05, 0) is 65.6 Å². The SMILES string of the molecule is C/C=S1\N=C(Nc2ccc(C(C)C)cc2)Nc2c(C(=N)/C=C(/C)N)cccc21. The van der Waals surface area contributed by atoms with Gasteiger partial charge in [0.1, 0.15) is 0 Å². The minimum Gasteiger partial charge on any atom is -0.402 e. The highest BCUT2D eigenvalue weighted by atomic mass is 32.2. The molecule has 0 radical (unpaired) electrons. The summed E-state index contributed by atoms with van der Waals surface area (Å²) in [6.45, 7) is 8.17. The number of hydrogen-bond acceptors (Lipinski definition) is 5. The van der Waals surface area contributed by atoms with Crippen LogP contribution in [0.5, 0.6) is 0 Å². The van der Waals surface area contributed by atoms with Gasteiger partial charge in [-0.1, -0.05) is 38.1 Å². The zero-order valence-corrected chi connectivity index (χ0v) is 17.5. The van der Waals surface area contributed by atoms with Crippen LogP contribution < -0.4 is 16.4 Å². The number of guanidine groups is 1. The number of benzene rings is 2. The van der Waals surface area contributed by atoms with E-state index in [0.717, 1.165) is 21.8 Å². The molecule has 0 fully saturated rings. The molecule has 2 aromatic carbocycles. The molecule has 146 valence electrons. The molecule has 0 amide bonds. The molecule has 1 unspecified atom stereocenters. The van der Waals surface area contributed by atoms with Crippen molar-refractivity contribution in [3.05, 3.63) is 65.4 Å². The highest BCUT2D eigenvalue weighted by Crippen LogP contribution is 2.40. The van der Waals surface area contributed by atoms with Gasteiger partial charge in [0.2, 0.25) is 5.96 Å². The number of nitrogens with zero attached hydrogens (tertiary/aromatic N) is 1. The van der Waals surface area contributed by atoms with Crippen LogP contribution in [0.4, 0.5) is 11.4 Å². The van der Waals surface area contributed by atoms with Crippen LogP contribution in [0.15, 0.2) is 63.5 Å². The van der Waals surface area contributed by atoms with Crippen molar-refractivity contribution in [2.75, 3.05) is 10.6 Å². The molecule has 5 nitrogen and oxygen atoms in total. The molecule has 2 aromatic rings. The molecule has 1 aliphatic rings. The predicted molar refractivity (Wildman–Crippen MR) is 124 cm³/mol. The van der Waals surface area contributed by atoms with E-state index in [1.165, 1.54) is 5.56 Å². The van der Waals surface area contributed by atoms with E-state index in [0.29, 0.717) is 23.3 Å². The second-order valence-electron chi connectivity index (χ2n) is 7.00. The Morgan fingerprint density at radius 3 is 2.54 bits per heavy atom. The van der Waals surface area contributed by atoms with E-state index in [4.69, 9.17) is 15.5 Å². The quantitative estimate of drug-likeness (QED) is 0.420. The monoisotopic (exact) mass is 393 g/mol. The van der Waals surface area contributed by atoms with E-state index in [1.54, 1.807) is 13.0 Å². The second kappa shape index (κ2) is 8.44. The van der Waals surface area contributed by atoms with Crippen molar-refractivity contribution in [3.8, 4) is 0 Å². The van der Waals surface area contributed by atoms with Gasteiger partial charge >= 0.3 is 0 Å². The van der Waals surface area contributed by atoms with Gasteiger partial charge in [0.05, 0.1) is 11.4 Å². The summed E-state index contributed by atoms with van der Waals surface area (Å²) < 4.78 is 4.81. The second-order valence-corrected chi connectivity index (χ2v) is 8.72. The summed E-state index contributed by atoms with van der Waals surface area (Å²) in [5.41, 5.74) is 10.8. The number of para-hydroxylation sites is 1. The Morgan fingerprint density at radius 1 is 1.21 bits per heavy atom. The van der Waals surface area contributed by atoms with Crippen LogP contribution in [0.25, 0.3) is 0 Å². The van der Waals surface area contributed by atoms with Crippen LogP contribution in [0.1, 0.15) is 44.7 Å². The van der Waals surface area contributed by atoms with Crippen LogP contribution in [0.2, 0.25) is 0 Å². The van der Waals surface area contributed by atoms with Gasteiger partial charge in [0.25, 0.3) is 0 Å². The Bertz CT molecular complexity index is 980. The van der Waals surface area contributed by atoms with Crippen LogP contribution in [-0.4, -0.2) is 17.0 Å². The Kier molecular flexibility index (Phi) is 5.99. The van der Waals surface area contributed by atoms with E-state index >= 15 is 0 Å². The summed E-state index contributed by atoms with van der Waals surface area (Å²) in [6, 6.07) is 14.4. The Morgan fingerprint density at radius 2 is 1.93 bits per heavy atom. The minimum absolute atomic E-state index is 0.381. The number of fused-ring (bicyclic) bond motifs is 1. The lowest BCUT2D eigenvalue weighted by molar-refractivity contribution is 0.867. The molecule has 5 N–H and O–H groups in total. The summed E-state index contributed by atoms with van der Waals surface area (Å²) in [6.07, 6.45) is 1.68. The molecule has 0 bridgehead atoms. The number of anilines is 2. The molecular formula is C22H27N5S. The van der Waals surface area contributed by atoms with Gasteiger partial charge in [0.15, 0.2) is 0 Å². The number of hydrogen-bond donors (Lipinski definition) is 4. The summed E-state index contributed by atoms with van der Waals surface area (Å²) in [4.78, 5) is 1.08. The maximum absolute atomic E-state index is 8.41. The Labute approximate surface area is 169 Å². The van der Waals surface area contributed by atoms with Crippen LogP contribution in [0, 0.1) is 5.41 Å². The Hall–Kier alpha value is -2.86. The summed E-state index contributed by atoms with van der Waals surface area (Å²) in [5, 5.41) is 17.3. The Balaban J connectivity index is 1.94. The summed E-state index contributed by atoms with van der Waals surface area (Å²) in [5.74, 6) is 1.18. The molecular weight excluding hydrogens is 366 g/mol. The van der Waals surface area contributed by atoms with E-state index < -0.39 is 10.7 Å². The van der Waals surface area contributed by atoms with Gasteiger partial charge in [-0.25, -0.2) is 0 Å². The lowest BCUT2D eigenvalue weighted by Gasteiger charge is -2.24. The van der Waals surface area contributed by atoms with Crippen molar-refractivity contribution >= 4 is 39.1 Å². The topological polar surface area (TPSA) is 86.3 Å². The third kappa shape index (κ3) is 4.34. The first-order valence-corrected chi connectivity index (χ1v) is 10.5. The number of nitrogens with two attached hydrogens (primary N) is 1. The number of allylic oxidation sites excluding steroid dienone is 2. The van der Waals surface area contributed by atoms with Crippen molar-refractivity contribution in [1.82, 2.24) is 0 Å². The average molecular weight is 394 g/mol. The minimum atomic E-state index is -0.392. The maximum atomic E-state index is 8.41. The molecule has 1 atom stereocenters. The number of nitrogens with one attached hydrogen (secondary N) is 3. The first kappa shape index (κ1) is 19.9. The lowest BCUT2D eigenvalue weighted by atomic mass is 10.0. The van der Waals surface area contributed by atoms with Crippen LogP contribution in [-0.2, 0) is 0 Å².